The molecule has 94 valence electrons. The molecule has 4 heteroatoms. The first-order valence-electron chi connectivity index (χ1n) is 5.45. The van der Waals surface area contributed by atoms with Crippen molar-refractivity contribution in [1.29, 1.82) is 0 Å². The standard InChI is InChI=1S/C13H18ClNO2/c1-9-5-6-10(7-11(9)14)12(16)15(4)8-13(2,3)17/h5-7,17H,8H2,1-4H3. The summed E-state index contributed by atoms with van der Waals surface area (Å²) in [5, 5.41) is 10.2. The van der Waals surface area contributed by atoms with Gasteiger partial charge in [-0.1, -0.05) is 17.7 Å². The van der Waals surface area contributed by atoms with E-state index in [1.807, 2.05) is 13.0 Å². The fourth-order valence-electron chi connectivity index (χ4n) is 1.60. The van der Waals surface area contributed by atoms with Gasteiger partial charge in [0, 0.05) is 24.2 Å². The summed E-state index contributed by atoms with van der Waals surface area (Å²) >= 11 is 5.98. The molecule has 17 heavy (non-hydrogen) atoms. The Bertz CT molecular complexity index is 424. The zero-order valence-corrected chi connectivity index (χ0v) is 11.4. The van der Waals surface area contributed by atoms with Crippen LogP contribution in [-0.2, 0) is 0 Å². The minimum atomic E-state index is -0.904. The molecule has 0 aliphatic heterocycles. The van der Waals surface area contributed by atoms with Crippen molar-refractivity contribution in [3.63, 3.8) is 0 Å². The predicted octanol–water partition coefficient (Wildman–Crippen LogP) is 2.49. The van der Waals surface area contributed by atoms with Crippen molar-refractivity contribution in [2.75, 3.05) is 13.6 Å². The summed E-state index contributed by atoms with van der Waals surface area (Å²) in [6.45, 7) is 5.49. The summed E-state index contributed by atoms with van der Waals surface area (Å²) in [5.74, 6) is -0.144. The van der Waals surface area contributed by atoms with Gasteiger partial charge in [-0.15, -0.1) is 0 Å². The first kappa shape index (κ1) is 14.0. The van der Waals surface area contributed by atoms with Gasteiger partial charge in [-0.3, -0.25) is 4.79 Å². The second-order valence-electron chi connectivity index (χ2n) is 4.94. The Morgan fingerprint density at radius 1 is 1.47 bits per heavy atom. The molecule has 1 rings (SSSR count). The lowest BCUT2D eigenvalue weighted by Gasteiger charge is -2.25. The summed E-state index contributed by atoms with van der Waals surface area (Å²) in [5.41, 5.74) is 0.569. The van der Waals surface area contributed by atoms with E-state index in [0.717, 1.165) is 5.56 Å². The summed E-state index contributed by atoms with van der Waals surface area (Å²) in [7, 11) is 1.66. The Kier molecular flexibility index (Phi) is 4.17. The van der Waals surface area contributed by atoms with Crippen molar-refractivity contribution in [3.05, 3.63) is 34.3 Å². The molecule has 0 spiro atoms. The van der Waals surface area contributed by atoms with Crippen LogP contribution in [0.3, 0.4) is 0 Å². The smallest absolute Gasteiger partial charge is 0.253 e. The molecule has 0 aromatic heterocycles. The number of aliphatic hydroxyl groups is 1. The molecule has 0 bridgehead atoms. The van der Waals surface area contributed by atoms with Crippen molar-refractivity contribution in [1.82, 2.24) is 4.90 Å². The molecule has 0 aliphatic rings. The van der Waals surface area contributed by atoms with E-state index in [9.17, 15) is 9.90 Å². The maximum atomic E-state index is 12.0. The number of hydrogen-bond donors (Lipinski definition) is 1. The minimum absolute atomic E-state index is 0.144. The third kappa shape index (κ3) is 4.02. The van der Waals surface area contributed by atoms with Crippen molar-refractivity contribution in [2.45, 2.75) is 26.4 Å². The maximum absolute atomic E-state index is 12.0. The lowest BCUT2D eigenvalue weighted by molar-refractivity contribution is 0.0368. The summed E-state index contributed by atoms with van der Waals surface area (Å²) in [4.78, 5) is 13.5. The van der Waals surface area contributed by atoms with E-state index in [-0.39, 0.29) is 12.5 Å². The number of benzene rings is 1. The zero-order chi connectivity index (χ0) is 13.2. The molecular weight excluding hydrogens is 238 g/mol. The van der Waals surface area contributed by atoms with Crippen LogP contribution < -0.4 is 0 Å². The van der Waals surface area contributed by atoms with Gasteiger partial charge in [0.05, 0.1) is 5.60 Å². The SMILES string of the molecule is Cc1ccc(C(=O)N(C)CC(C)(C)O)cc1Cl. The van der Waals surface area contributed by atoms with Crippen LogP contribution in [0.25, 0.3) is 0 Å². The van der Waals surface area contributed by atoms with Gasteiger partial charge in [-0.2, -0.15) is 0 Å². The van der Waals surface area contributed by atoms with Gasteiger partial charge in [0.2, 0.25) is 0 Å². The predicted molar refractivity (Wildman–Crippen MR) is 69.4 cm³/mol. The van der Waals surface area contributed by atoms with E-state index < -0.39 is 5.60 Å². The maximum Gasteiger partial charge on any atom is 0.253 e. The molecule has 1 N–H and O–H groups in total. The Hall–Kier alpha value is -1.06. The number of likely N-dealkylation sites (N-methyl/N-ethyl adjacent to an activating group) is 1. The second-order valence-corrected chi connectivity index (χ2v) is 5.34. The van der Waals surface area contributed by atoms with Gasteiger partial charge in [-0.05, 0) is 38.5 Å². The third-order valence-corrected chi connectivity index (χ3v) is 2.80. The van der Waals surface area contributed by atoms with Gasteiger partial charge < -0.3 is 10.0 Å². The van der Waals surface area contributed by atoms with Crippen LogP contribution in [0.1, 0.15) is 29.8 Å². The number of aryl methyl sites for hydroxylation is 1. The van der Waals surface area contributed by atoms with Crippen LogP contribution in [0.4, 0.5) is 0 Å². The van der Waals surface area contributed by atoms with Crippen LogP contribution in [0.5, 0.6) is 0 Å². The molecule has 0 aliphatic carbocycles. The molecule has 0 heterocycles. The number of amides is 1. The van der Waals surface area contributed by atoms with Crippen LogP contribution >= 0.6 is 11.6 Å². The first-order valence-corrected chi connectivity index (χ1v) is 5.82. The fourth-order valence-corrected chi connectivity index (χ4v) is 1.78. The van der Waals surface area contributed by atoms with Crippen LogP contribution in [0.2, 0.25) is 5.02 Å². The molecule has 3 nitrogen and oxygen atoms in total. The van der Waals surface area contributed by atoms with Gasteiger partial charge in [0.15, 0.2) is 0 Å². The number of nitrogens with zero attached hydrogens (tertiary/aromatic N) is 1. The van der Waals surface area contributed by atoms with Crippen LogP contribution in [0, 0.1) is 6.92 Å². The molecule has 0 atom stereocenters. The minimum Gasteiger partial charge on any atom is -0.389 e. The highest BCUT2D eigenvalue weighted by Gasteiger charge is 2.20. The molecule has 1 amide bonds. The lowest BCUT2D eigenvalue weighted by Crippen LogP contribution is -2.39. The molecule has 0 saturated carbocycles. The quantitative estimate of drug-likeness (QED) is 0.902. The van der Waals surface area contributed by atoms with Gasteiger partial charge in [0.1, 0.15) is 0 Å². The Morgan fingerprint density at radius 3 is 2.53 bits per heavy atom. The largest absolute Gasteiger partial charge is 0.389 e. The Morgan fingerprint density at radius 2 is 2.06 bits per heavy atom. The Labute approximate surface area is 107 Å². The number of carbonyl (C=O) groups excluding carboxylic acids is 1. The number of hydrogen-bond acceptors (Lipinski definition) is 2. The third-order valence-electron chi connectivity index (χ3n) is 2.39. The molecule has 0 fully saturated rings. The topological polar surface area (TPSA) is 40.5 Å². The lowest BCUT2D eigenvalue weighted by atomic mass is 10.1. The highest BCUT2D eigenvalue weighted by molar-refractivity contribution is 6.31. The second kappa shape index (κ2) is 5.07. The molecule has 0 radical (unpaired) electrons. The van der Waals surface area contributed by atoms with Crippen molar-refractivity contribution in [3.8, 4) is 0 Å². The summed E-state index contributed by atoms with van der Waals surface area (Å²) < 4.78 is 0. The highest BCUT2D eigenvalue weighted by Crippen LogP contribution is 2.18. The van der Waals surface area contributed by atoms with E-state index in [0.29, 0.717) is 10.6 Å². The van der Waals surface area contributed by atoms with Crippen molar-refractivity contribution in [2.24, 2.45) is 0 Å². The van der Waals surface area contributed by atoms with Gasteiger partial charge in [-0.25, -0.2) is 0 Å². The fraction of sp³-hybridized carbons (Fsp3) is 0.462. The normalized spacial score (nSPS) is 11.4. The molecular formula is C13H18ClNO2. The van der Waals surface area contributed by atoms with E-state index in [4.69, 9.17) is 11.6 Å². The number of carbonyl (C=O) groups is 1. The van der Waals surface area contributed by atoms with E-state index >= 15 is 0 Å². The average molecular weight is 256 g/mol. The van der Waals surface area contributed by atoms with Crippen molar-refractivity contribution < 1.29 is 9.90 Å². The highest BCUT2D eigenvalue weighted by atomic mass is 35.5. The summed E-state index contributed by atoms with van der Waals surface area (Å²) in [6.07, 6.45) is 0. The van der Waals surface area contributed by atoms with Gasteiger partial charge >= 0.3 is 0 Å². The molecule has 0 unspecified atom stereocenters. The van der Waals surface area contributed by atoms with Gasteiger partial charge in [0.25, 0.3) is 5.91 Å². The first-order chi connectivity index (χ1) is 7.70. The van der Waals surface area contributed by atoms with Crippen molar-refractivity contribution >= 4 is 17.5 Å². The Balaban J connectivity index is 2.85. The van der Waals surface area contributed by atoms with E-state index in [1.54, 1.807) is 33.0 Å². The zero-order valence-electron chi connectivity index (χ0n) is 10.6. The summed E-state index contributed by atoms with van der Waals surface area (Å²) in [6, 6.07) is 5.21. The molecule has 0 saturated heterocycles. The van der Waals surface area contributed by atoms with E-state index in [2.05, 4.69) is 0 Å². The monoisotopic (exact) mass is 255 g/mol. The number of rotatable bonds is 3. The number of halogens is 1. The average Bonchev–Trinajstić information content (AvgIpc) is 2.18. The van der Waals surface area contributed by atoms with E-state index in [1.165, 1.54) is 4.90 Å². The van der Waals surface area contributed by atoms with Crippen LogP contribution in [0.15, 0.2) is 18.2 Å². The molecule has 1 aromatic rings. The van der Waals surface area contributed by atoms with Crippen LogP contribution in [-0.4, -0.2) is 35.1 Å². The molecule has 1 aromatic carbocycles.